The number of aromatic amines is 1. The van der Waals surface area contributed by atoms with Crippen LogP contribution in [0, 0.1) is 0 Å². The first kappa shape index (κ1) is 25.0. The molecule has 0 radical (unpaired) electrons. The molecule has 0 fully saturated rings. The van der Waals surface area contributed by atoms with Crippen molar-refractivity contribution >= 4 is 43.5 Å². The number of nitrogens with zero attached hydrogens (tertiary/aromatic N) is 5. The second-order valence-electron chi connectivity index (χ2n) is 9.21. The Kier molecular flexibility index (Phi) is 7.23. The lowest BCUT2D eigenvalue weighted by molar-refractivity contribution is 0.0785. The van der Waals surface area contributed by atoms with E-state index in [4.69, 9.17) is 4.74 Å². The summed E-state index contributed by atoms with van der Waals surface area (Å²) >= 11 is 3.67. The van der Waals surface area contributed by atoms with Crippen molar-refractivity contribution < 1.29 is 9.53 Å². The van der Waals surface area contributed by atoms with Gasteiger partial charge in [-0.3, -0.25) is 4.79 Å². The van der Waals surface area contributed by atoms with E-state index in [1.807, 2.05) is 36.2 Å². The molecule has 0 atom stereocenters. The molecule has 5 aromatic rings. The highest BCUT2D eigenvalue weighted by Crippen LogP contribution is 2.34. The summed E-state index contributed by atoms with van der Waals surface area (Å²) in [4.78, 5) is 15.6. The van der Waals surface area contributed by atoms with Gasteiger partial charge < -0.3 is 14.2 Å². The Balaban J connectivity index is 1.38. The lowest BCUT2D eigenvalue weighted by atomic mass is 10.0. The maximum Gasteiger partial charge on any atom is 0.256 e. The molecule has 190 valence electrons. The number of tetrazole rings is 1. The topological polar surface area (TPSA) is 88.9 Å². The number of hydrogen-bond acceptors (Lipinski definition) is 5. The van der Waals surface area contributed by atoms with Crippen molar-refractivity contribution in [3.8, 4) is 5.75 Å². The van der Waals surface area contributed by atoms with E-state index in [9.17, 15) is 4.79 Å². The third-order valence-corrected chi connectivity index (χ3v) is 7.52. The fraction of sp³-hybridized carbons (Fsp3) is 0.286. The second kappa shape index (κ2) is 10.7. The number of para-hydroxylation sites is 1. The molecular formula is C28H29BrN6O2. The average Bonchev–Trinajstić information content (AvgIpc) is 3.53. The molecule has 0 aliphatic carbocycles. The second-order valence-corrected chi connectivity index (χ2v) is 10.0. The number of carbonyl (C=O) groups excluding carboxylic acids is 1. The molecule has 37 heavy (non-hydrogen) atoms. The first-order valence-electron chi connectivity index (χ1n) is 12.4. The van der Waals surface area contributed by atoms with Crippen molar-refractivity contribution in [3.63, 3.8) is 0 Å². The average molecular weight is 561 g/mol. The summed E-state index contributed by atoms with van der Waals surface area (Å²) < 4.78 is 8.89. The predicted octanol–water partition coefficient (Wildman–Crippen LogP) is 5.80. The molecule has 3 aromatic carbocycles. The van der Waals surface area contributed by atoms with Crippen LogP contribution in [0.4, 0.5) is 0 Å². The van der Waals surface area contributed by atoms with Crippen LogP contribution in [0.2, 0.25) is 0 Å². The van der Waals surface area contributed by atoms with Crippen LogP contribution < -0.4 is 4.74 Å². The third-order valence-electron chi connectivity index (χ3n) is 6.70. The minimum atomic E-state index is 0.0504. The zero-order valence-electron chi connectivity index (χ0n) is 21.2. The maximum atomic E-state index is 13.8. The first-order valence-corrected chi connectivity index (χ1v) is 13.1. The lowest BCUT2D eigenvalue weighted by Gasteiger charge is -2.19. The largest absolute Gasteiger partial charge is 0.484 e. The monoisotopic (exact) mass is 560 g/mol. The van der Waals surface area contributed by atoms with Crippen molar-refractivity contribution in [2.24, 2.45) is 7.05 Å². The summed E-state index contributed by atoms with van der Waals surface area (Å²) in [7, 11) is 3.94. The molecule has 0 saturated heterocycles. The number of ether oxygens (including phenoxy) is 1. The van der Waals surface area contributed by atoms with Gasteiger partial charge in [-0.1, -0.05) is 55.0 Å². The molecule has 1 N–H and O–H groups in total. The molecule has 0 bridgehead atoms. The summed E-state index contributed by atoms with van der Waals surface area (Å²) in [5.74, 6) is 1.24. The Bertz CT molecular complexity index is 1560. The van der Waals surface area contributed by atoms with Gasteiger partial charge in [0.25, 0.3) is 5.91 Å². The summed E-state index contributed by atoms with van der Waals surface area (Å²) in [5.41, 5.74) is 4.08. The Morgan fingerprint density at radius 3 is 2.76 bits per heavy atom. The van der Waals surface area contributed by atoms with E-state index in [1.54, 1.807) is 0 Å². The van der Waals surface area contributed by atoms with Crippen LogP contribution in [0.25, 0.3) is 21.7 Å². The lowest BCUT2D eigenvalue weighted by Crippen LogP contribution is -2.27. The fourth-order valence-corrected chi connectivity index (χ4v) is 5.38. The van der Waals surface area contributed by atoms with Crippen LogP contribution in [-0.2, 0) is 26.6 Å². The molecule has 0 unspecified atom stereocenters. The van der Waals surface area contributed by atoms with Gasteiger partial charge in [0.15, 0.2) is 6.61 Å². The van der Waals surface area contributed by atoms with Gasteiger partial charge in [0.1, 0.15) is 5.75 Å². The highest BCUT2D eigenvalue weighted by atomic mass is 79.9. The van der Waals surface area contributed by atoms with E-state index in [1.165, 1.54) is 0 Å². The third kappa shape index (κ3) is 4.96. The highest BCUT2D eigenvalue weighted by molar-refractivity contribution is 9.10. The Morgan fingerprint density at radius 1 is 1.14 bits per heavy atom. The predicted molar refractivity (Wildman–Crippen MR) is 147 cm³/mol. The summed E-state index contributed by atoms with van der Waals surface area (Å²) in [6, 6.07) is 18.3. The Labute approximate surface area is 223 Å². The number of benzene rings is 3. The van der Waals surface area contributed by atoms with Gasteiger partial charge in [0.2, 0.25) is 5.82 Å². The van der Waals surface area contributed by atoms with Crippen molar-refractivity contribution in [2.75, 3.05) is 7.05 Å². The van der Waals surface area contributed by atoms with Crippen LogP contribution in [0.5, 0.6) is 5.75 Å². The van der Waals surface area contributed by atoms with Gasteiger partial charge in [0, 0.05) is 37.2 Å². The number of hydrogen-bond donors (Lipinski definition) is 1. The molecular weight excluding hydrogens is 532 g/mol. The summed E-state index contributed by atoms with van der Waals surface area (Å²) in [5, 5.41) is 16.9. The van der Waals surface area contributed by atoms with Crippen molar-refractivity contribution in [3.05, 3.63) is 81.7 Å². The van der Waals surface area contributed by atoms with Gasteiger partial charge in [0.05, 0.1) is 10.0 Å². The van der Waals surface area contributed by atoms with Crippen LogP contribution in [0.3, 0.4) is 0 Å². The van der Waals surface area contributed by atoms with Crippen LogP contribution in [-0.4, -0.2) is 43.0 Å². The number of carbonyl (C=O) groups is 1. The molecule has 8 nitrogen and oxygen atoms in total. The normalized spacial score (nSPS) is 11.4. The molecule has 0 spiro atoms. The zero-order chi connectivity index (χ0) is 25.9. The Hall–Kier alpha value is -3.72. The van der Waals surface area contributed by atoms with Gasteiger partial charge in [-0.2, -0.15) is 5.21 Å². The minimum Gasteiger partial charge on any atom is -0.484 e. The fourth-order valence-electron chi connectivity index (χ4n) is 4.78. The number of fused-ring (bicyclic) bond motifs is 2. The minimum absolute atomic E-state index is 0.0504. The molecule has 2 aromatic heterocycles. The summed E-state index contributed by atoms with van der Waals surface area (Å²) in [6.07, 6.45) is 3.02. The van der Waals surface area contributed by atoms with Gasteiger partial charge in [-0.05, 0) is 63.3 Å². The van der Waals surface area contributed by atoms with Crippen molar-refractivity contribution in [1.82, 2.24) is 30.1 Å². The van der Waals surface area contributed by atoms with E-state index in [0.717, 1.165) is 62.2 Å². The number of aryl methyl sites for hydroxylation is 1. The number of rotatable bonds is 9. The van der Waals surface area contributed by atoms with E-state index in [2.05, 4.69) is 85.4 Å². The molecule has 2 heterocycles. The number of H-pyrrole nitrogens is 1. The molecule has 0 aliphatic rings. The molecule has 0 aliphatic heterocycles. The van der Waals surface area contributed by atoms with Crippen LogP contribution in [0.1, 0.15) is 47.2 Å². The van der Waals surface area contributed by atoms with Crippen molar-refractivity contribution in [1.29, 1.82) is 0 Å². The molecule has 0 saturated carbocycles. The van der Waals surface area contributed by atoms with E-state index in [0.29, 0.717) is 18.1 Å². The Morgan fingerprint density at radius 2 is 1.97 bits per heavy atom. The number of nitrogens with one attached hydrogen (secondary N) is 1. The number of halogens is 1. The van der Waals surface area contributed by atoms with E-state index in [-0.39, 0.29) is 12.5 Å². The zero-order valence-corrected chi connectivity index (χ0v) is 22.7. The summed E-state index contributed by atoms with van der Waals surface area (Å²) in [6.45, 7) is 2.91. The quantitative estimate of drug-likeness (QED) is 0.246. The van der Waals surface area contributed by atoms with Gasteiger partial charge >= 0.3 is 0 Å². The number of amides is 1. The van der Waals surface area contributed by atoms with E-state index < -0.39 is 0 Å². The van der Waals surface area contributed by atoms with Gasteiger partial charge in [-0.15, -0.1) is 10.2 Å². The standard InChI is InChI=1S/C28H29BrN6O2/c1-4-5-9-23-26(21-8-6-7-10-22(21)35(23)3)28(36)34(2)16-18-11-13-20-19(15-18)12-14-24(27(20)29)37-17-25-30-32-33-31-25/h6-8,10-15H,4-5,9,16-17H2,1-3H3,(H,30,31,32,33). The first-order chi connectivity index (χ1) is 18.0. The smallest absolute Gasteiger partial charge is 0.256 e. The molecule has 5 rings (SSSR count). The van der Waals surface area contributed by atoms with E-state index >= 15 is 0 Å². The molecule has 1 amide bonds. The molecule has 9 heteroatoms. The van der Waals surface area contributed by atoms with Crippen LogP contribution >= 0.6 is 15.9 Å². The van der Waals surface area contributed by atoms with Crippen molar-refractivity contribution in [2.45, 2.75) is 39.3 Å². The highest BCUT2D eigenvalue weighted by Gasteiger charge is 2.23. The van der Waals surface area contributed by atoms with Gasteiger partial charge in [-0.25, -0.2) is 0 Å². The SMILES string of the molecule is CCCCc1c(C(=O)N(C)Cc2ccc3c(Br)c(OCc4nn[nH]n4)ccc3c2)c2ccccc2n1C. The number of aromatic nitrogens is 5. The number of unbranched alkanes of at least 4 members (excludes halogenated alkanes) is 1. The maximum absolute atomic E-state index is 13.8. The van der Waals surface area contributed by atoms with Crippen LogP contribution in [0.15, 0.2) is 59.1 Å².